The van der Waals surface area contributed by atoms with Crippen LogP contribution in [0.15, 0.2) is 60.9 Å². The third-order valence-electron chi connectivity index (χ3n) is 5.57. The molecule has 1 saturated heterocycles. The topological polar surface area (TPSA) is 97.3 Å². The Hall–Kier alpha value is -3.23. The zero-order chi connectivity index (χ0) is 23.4. The summed E-state index contributed by atoms with van der Waals surface area (Å²) in [7, 11) is -3.28. The van der Waals surface area contributed by atoms with Gasteiger partial charge in [0.15, 0.2) is 11.6 Å². The van der Waals surface area contributed by atoms with Crippen LogP contribution in [0.2, 0.25) is 0 Å². The van der Waals surface area contributed by atoms with Crippen LogP contribution in [0.1, 0.15) is 56.1 Å². The van der Waals surface area contributed by atoms with Gasteiger partial charge in [0.2, 0.25) is 10.0 Å². The highest BCUT2D eigenvalue weighted by molar-refractivity contribution is 7.89. The molecular weight excluding hydrogens is 438 g/mol. The van der Waals surface area contributed by atoms with Crippen LogP contribution in [0, 0.1) is 6.92 Å². The molecule has 0 amide bonds. The quantitative estimate of drug-likeness (QED) is 0.375. The molecule has 0 unspecified atom stereocenters. The van der Waals surface area contributed by atoms with Crippen LogP contribution < -0.4 is 0 Å². The van der Waals surface area contributed by atoms with E-state index in [0.29, 0.717) is 24.9 Å². The van der Waals surface area contributed by atoms with E-state index in [1.165, 1.54) is 4.31 Å². The molecule has 1 fully saturated rings. The van der Waals surface area contributed by atoms with Crippen molar-refractivity contribution in [3.05, 3.63) is 94.6 Å². The zero-order valence-electron chi connectivity index (χ0n) is 18.4. The van der Waals surface area contributed by atoms with E-state index < -0.39 is 10.0 Å². The number of rotatable bonds is 8. The molecule has 1 aliphatic rings. The van der Waals surface area contributed by atoms with Gasteiger partial charge in [0.1, 0.15) is 5.69 Å². The third kappa shape index (κ3) is 5.77. The summed E-state index contributed by atoms with van der Waals surface area (Å²) in [5.74, 6) is -0.524. The first-order chi connectivity index (χ1) is 15.8. The largest absolute Gasteiger partial charge is 0.294 e. The Labute approximate surface area is 193 Å². The summed E-state index contributed by atoms with van der Waals surface area (Å²) in [5.41, 5.74) is 3.94. The number of carbonyl (C=O) groups excluding carboxylic acids is 2. The van der Waals surface area contributed by atoms with Gasteiger partial charge in [-0.15, -0.1) is 0 Å². The minimum Gasteiger partial charge on any atom is -0.294 e. The van der Waals surface area contributed by atoms with E-state index in [1.54, 1.807) is 36.7 Å². The van der Waals surface area contributed by atoms with Gasteiger partial charge in [0.25, 0.3) is 0 Å². The van der Waals surface area contributed by atoms with Crippen molar-refractivity contribution >= 4 is 21.6 Å². The second-order valence-corrected chi connectivity index (χ2v) is 10.4. The summed E-state index contributed by atoms with van der Waals surface area (Å²) < 4.78 is 26.0. The smallest absolute Gasteiger partial charge is 0.214 e. The monoisotopic (exact) mass is 463 g/mol. The van der Waals surface area contributed by atoms with Gasteiger partial charge in [-0.1, -0.05) is 12.1 Å². The van der Waals surface area contributed by atoms with E-state index in [-0.39, 0.29) is 36.0 Å². The third-order valence-corrected chi connectivity index (χ3v) is 7.47. The number of aromatic nitrogens is 2. The van der Waals surface area contributed by atoms with E-state index in [1.807, 2.05) is 31.2 Å². The van der Waals surface area contributed by atoms with E-state index in [2.05, 4.69) is 9.97 Å². The normalized spacial score (nSPS) is 15.4. The molecule has 0 saturated carbocycles. The number of Topliss-reactive ketones (excluding diaryl/α,β-unsaturated/α-hetero) is 2. The molecule has 33 heavy (non-hydrogen) atoms. The molecule has 7 nitrogen and oxygen atoms in total. The highest BCUT2D eigenvalue weighted by Gasteiger charge is 2.28. The van der Waals surface area contributed by atoms with Crippen LogP contribution in [-0.4, -0.2) is 46.6 Å². The second-order valence-electron chi connectivity index (χ2n) is 8.28. The molecule has 0 N–H and O–H groups in total. The first-order valence-electron chi connectivity index (χ1n) is 10.8. The second kappa shape index (κ2) is 9.72. The fourth-order valence-corrected chi connectivity index (χ4v) is 5.43. The van der Waals surface area contributed by atoms with Gasteiger partial charge < -0.3 is 0 Å². The Bertz CT molecular complexity index is 1290. The summed E-state index contributed by atoms with van der Waals surface area (Å²) >= 11 is 0. The summed E-state index contributed by atoms with van der Waals surface area (Å²) in [6.07, 6.45) is 4.05. The van der Waals surface area contributed by atoms with Crippen LogP contribution in [0.25, 0.3) is 0 Å². The first-order valence-corrected chi connectivity index (χ1v) is 12.4. The predicted octanol–water partition coefficient (Wildman–Crippen LogP) is 3.37. The molecule has 2 aromatic heterocycles. The van der Waals surface area contributed by atoms with Crippen LogP contribution in [-0.2, 0) is 23.0 Å². The molecule has 1 aromatic carbocycles. The lowest BCUT2D eigenvalue weighted by Crippen LogP contribution is -2.25. The van der Waals surface area contributed by atoms with Crippen molar-refractivity contribution < 1.29 is 18.0 Å². The fourth-order valence-electron chi connectivity index (χ4n) is 3.93. The number of hydrogen-bond donors (Lipinski definition) is 0. The van der Waals surface area contributed by atoms with Gasteiger partial charge >= 0.3 is 0 Å². The van der Waals surface area contributed by atoms with Crippen molar-refractivity contribution in [2.75, 3.05) is 12.3 Å². The number of aryl methyl sites for hydroxylation is 1. The highest BCUT2D eigenvalue weighted by Crippen LogP contribution is 2.21. The highest BCUT2D eigenvalue weighted by atomic mass is 32.2. The number of benzene rings is 1. The van der Waals surface area contributed by atoms with Crippen LogP contribution >= 0.6 is 0 Å². The van der Waals surface area contributed by atoms with Gasteiger partial charge in [0, 0.05) is 43.2 Å². The lowest BCUT2D eigenvalue weighted by molar-refractivity contribution is 0.0891. The number of hydrogen-bond acceptors (Lipinski definition) is 6. The molecule has 0 spiro atoms. The van der Waals surface area contributed by atoms with Crippen molar-refractivity contribution in [2.45, 2.75) is 32.7 Å². The van der Waals surface area contributed by atoms with E-state index in [4.69, 9.17) is 0 Å². The molecular formula is C25H25N3O4S. The maximum absolute atomic E-state index is 13.0. The molecule has 0 atom stereocenters. The van der Waals surface area contributed by atoms with Crippen molar-refractivity contribution in [1.29, 1.82) is 0 Å². The summed E-state index contributed by atoms with van der Waals surface area (Å²) in [5, 5.41) is 0. The van der Waals surface area contributed by atoms with Gasteiger partial charge in [-0.25, -0.2) is 8.42 Å². The molecule has 3 heterocycles. The number of ketones is 2. The molecule has 4 rings (SSSR count). The zero-order valence-corrected chi connectivity index (χ0v) is 19.2. The summed E-state index contributed by atoms with van der Waals surface area (Å²) in [6.45, 7) is 2.53. The Balaban J connectivity index is 1.61. The molecule has 3 aromatic rings. The Morgan fingerprint density at radius 3 is 2.48 bits per heavy atom. The molecule has 0 aliphatic carbocycles. The van der Waals surface area contributed by atoms with Gasteiger partial charge in [-0.2, -0.15) is 4.31 Å². The van der Waals surface area contributed by atoms with E-state index in [0.717, 1.165) is 22.4 Å². The average molecular weight is 464 g/mol. The maximum Gasteiger partial charge on any atom is 0.214 e. The Morgan fingerprint density at radius 2 is 1.79 bits per heavy atom. The van der Waals surface area contributed by atoms with Gasteiger partial charge in [-0.05, 0) is 66.4 Å². The molecule has 8 heteroatoms. The SMILES string of the molecule is Cc1ccnc(C(=O)CC(=O)c2cc(Cc3ccccn3)cc(CN3CCCS3(=O)=O)c2)c1. The van der Waals surface area contributed by atoms with Gasteiger partial charge in [0.05, 0.1) is 12.2 Å². The summed E-state index contributed by atoms with van der Waals surface area (Å²) in [6, 6.07) is 14.4. The summed E-state index contributed by atoms with van der Waals surface area (Å²) in [4.78, 5) is 34.1. The van der Waals surface area contributed by atoms with Crippen LogP contribution in [0.3, 0.4) is 0 Å². The van der Waals surface area contributed by atoms with Crippen LogP contribution in [0.5, 0.6) is 0 Å². The predicted molar refractivity (Wildman–Crippen MR) is 125 cm³/mol. The minimum absolute atomic E-state index is 0.143. The molecule has 0 bridgehead atoms. The molecule has 1 aliphatic heterocycles. The lowest BCUT2D eigenvalue weighted by atomic mass is 9.97. The van der Waals surface area contributed by atoms with Crippen molar-refractivity contribution in [1.82, 2.24) is 14.3 Å². The minimum atomic E-state index is -3.28. The standard InChI is InChI=1S/C25H25N3O4S/c1-18-6-8-27-23(11-18)25(30)16-24(29)21-13-19(15-22-5-2-3-7-26-22)12-20(14-21)17-28-9-4-10-33(28,31)32/h2-3,5-8,11-14H,4,9-10,15-17H2,1H3. The van der Waals surface area contributed by atoms with Crippen molar-refractivity contribution in [3.63, 3.8) is 0 Å². The lowest BCUT2D eigenvalue weighted by Gasteiger charge is -2.16. The van der Waals surface area contributed by atoms with Gasteiger partial charge in [-0.3, -0.25) is 19.6 Å². The van der Waals surface area contributed by atoms with E-state index >= 15 is 0 Å². The number of nitrogens with zero attached hydrogens (tertiary/aromatic N) is 3. The number of pyridine rings is 2. The van der Waals surface area contributed by atoms with Crippen molar-refractivity contribution in [2.24, 2.45) is 0 Å². The Kier molecular flexibility index (Phi) is 6.76. The first kappa shape index (κ1) is 22.9. The number of sulfonamides is 1. The average Bonchev–Trinajstić information content (AvgIpc) is 3.12. The Morgan fingerprint density at radius 1 is 0.970 bits per heavy atom. The fraction of sp³-hybridized carbons (Fsp3) is 0.280. The number of carbonyl (C=O) groups is 2. The molecule has 170 valence electrons. The molecule has 0 radical (unpaired) electrons. The van der Waals surface area contributed by atoms with Crippen LogP contribution in [0.4, 0.5) is 0 Å². The van der Waals surface area contributed by atoms with E-state index in [9.17, 15) is 18.0 Å². The van der Waals surface area contributed by atoms with Crippen molar-refractivity contribution in [3.8, 4) is 0 Å². The maximum atomic E-state index is 13.0.